The summed E-state index contributed by atoms with van der Waals surface area (Å²) in [5.41, 5.74) is 1.62. The molecule has 2 heterocycles. The van der Waals surface area contributed by atoms with Gasteiger partial charge in [-0.3, -0.25) is 14.7 Å². The highest BCUT2D eigenvalue weighted by Gasteiger charge is 2.39. The van der Waals surface area contributed by atoms with Crippen molar-refractivity contribution in [1.82, 2.24) is 15.1 Å². The van der Waals surface area contributed by atoms with Gasteiger partial charge >= 0.3 is 6.03 Å². The molecule has 1 radical (unpaired) electrons. The Morgan fingerprint density at radius 3 is 2.66 bits per heavy atom. The molecule has 0 spiro atoms. The molecule has 8 heteroatoms. The molecule has 2 aromatic rings. The Labute approximate surface area is 187 Å². The van der Waals surface area contributed by atoms with Crippen molar-refractivity contribution in [1.29, 1.82) is 0 Å². The lowest BCUT2D eigenvalue weighted by atomic mass is 10.1. The summed E-state index contributed by atoms with van der Waals surface area (Å²) in [7, 11) is 1.59. The number of methoxy groups -OCH3 is 1. The monoisotopic (exact) mass is 435 g/mol. The summed E-state index contributed by atoms with van der Waals surface area (Å²) in [6.45, 7) is 6.52. The van der Waals surface area contributed by atoms with Gasteiger partial charge in [-0.15, -0.1) is 0 Å². The van der Waals surface area contributed by atoms with Gasteiger partial charge in [0.25, 0.3) is 0 Å². The second-order valence-corrected chi connectivity index (χ2v) is 7.91. The summed E-state index contributed by atoms with van der Waals surface area (Å²) in [6, 6.07) is 14.5. The highest BCUT2D eigenvalue weighted by molar-refractivity contribution is 6.11. The van der Waals surface area contributed by atoms with E-state index in [0.29, 0.717) is 36.0 Å². The first-order valence-electron chi connectivity index (χ1n) is 10.6. The van der Waals surface area contributed by atoms with Crippen LogP contribution < -0.4 is 14.8 Å². The average Bonchev–Trinajstić information content (AvgIpc) is 3.23. The molecule has 0 unspecified atom stereocenters. The zero-order valence-corrected chi connectivity index (χ0v) is 18.4. The topological polar surface area (TPSA) is 83.5 Å². The number of carbonyl (C=O) groups excluding carboxylic acids is 2. The average molecular weight is 436 g/mol. The number of nitrogens with zero attached hydrogens (tertiary/aromatic N) is 3. The summed E-state index contributed by atoms with van der Waals surface area (Å²) >= 11 is 0. The Balaban J connectivity index is 1.75. The molecule has 0 saturated carbocycles. The summed E-state index contributed by atoms with van der Waals surface area (Å²) in [5, 5.41) is 2.76. The van der Waals surface area contributed by atoms with Crippen molar-refractivity contribution in [2.24, 2.45) is 4.99 Å². The number of piperazine rings is 1. The van der Waals surface area contributed by atoms with Crippen LogP contribution in [-0.2, 0) is 4.79 Å². The van der Waals surface area contributed by atoms with Gasteiger partial charge in [0.15, 0.2) is 0 Å². The Kier molecular flexibility index (Phi) is 6.30. The van der Waals surface area contributed by atoms with Crippen LogP contribution in [0.15, 0.2) is 53.5 Å². The predicted octanol–water partition coefficient (Wildman–Crippen LogP) is 3.00. The van der Waals surface area contributed by atoms with Crippen molar-refractivity contribution >= 4 is 17.8 Å². The van der Waals surface area contributed by atoms with Gasteiger partial charge in [0, 0.05) is 19.2 Å². The first-order chi connectivity index (χ1) is 15.5. The minimum absolute atomic E-state index is 0.0160. The van der Waals surface area contributed by atoms with Crippen LogP contribution in [0.3, 0.4) is 0 Å². The number of aliphatic imine (C=N–C) groups is 1. The van der Waals surface area contributed by atoms with Gasteiger partial charge in [-0.25, -0.2) is 4.79 Å². The number of ether oxygens (including phenoxy) is 2. The van der Waals surface area contributed by atoms with Crippen LogP contribution in [0, 0.1) is 6.54 Å². The standard InChI is InChI=1S/C24H27N4O4/c1-16(2)32-21-13-18(31-3)9-10-19(21)23-26-14-20(17-7-5-4-6-8-17)28(23)24(30)27-12-11-25-22(29)15-27/h4-10,13-14,16,20H,11-12,15H2,1-3H3,(H,25,29)/t20-/m0/s1. The van der Waals surface area contributed by atoms with E-state index in [9.17, 15) is 9.59 Å². The van der Waals surface area contributed by atoms with Gasteiger partial charge in [0.2, 0.25) is 5.91 Å². The molecule has 0 bridgehead atoms. The lowest BCUT2D eigenvalue weighted by Crippen LogP contribution is -2.55. The summed E-state index contributed by atoms with van der Waals surface area (Å²) in [6.07, 6.45) is -0.0771. The molecule has 1 fully saturated rings. The Morgan fingerprint density at radius 2 is 1.97 bits per heavy atom. The van der Waals surface area contributed by atoms with Crippen LogP contribution in [-0.4, -0.2) is 60.4 Å². The summed E-state index contributed by atoms with van der Waals surface area (Å²) < 4.78 is 11.4. The number of amides is 3. The largest absolute Gasteiger partial charge is 0.497 e. The van der Waals surface area contributed by atoms with Crippen LogP contribution in [0.2, 0.25) is 0 Å². The van der Waals surface area contributed by atoms with E-state index < -0.39 is 6.04 Å². The van der Waals surface area contributed by atoms with E-state index in [2.05, 4.69) is 10.3 Å². The lowest BCUT2D eigenvalue weighted by Gasteiger charge is -2.34. The maximum Gasteiger partial charge on any atom is 0.326 e. The maximum absolute atomic E-state index is 13.7. The molecule has 2 aromatic carbocycles. The van der Waals surface area contributed by atoms with Gasteiger partial charge in [0.1, 0.15) is 30.4 Å². The number of urea groups is 1. The molecular weight excluding hydrogens is 408 g/mol. The first-order valence-corrected chi connectivity index (χ1v) is 10.6. The van der Waals surface area contributed by atoms with Gasteiger partial charge in [-0.2, -0.15) is 0 Å². The van der Waals surface area contributed by atoms with Gasteiger partial charge in [-0.05, 0) is 31.5 Å². The maximum atomic E-state index is 13.7. The van der Waals surface area contributed by atoms with Crippen molar-refractivity contribution in [2.45, 2.75) is 26.0 Å². The highest BCUT2D eigenvalue weighted by atomic mass is 16.5. The summed E-state index contributed by atoms with van der Waals surface area (Å²) in [5.74, 6) is 1.54. The van der Waals surface area contributed by atoms with Crippen molar-refractivity contribution in [3.05, 3.63) is 66.2 Å². The molecule has 1 N–H and O–H groups in total. The van der Waals surface area contributed by atoms with Crippen LogP contribution in [0.1, 0.15) is 31.0 Å². The van der Waals surface area contributed by atoms with Crippen LogP contribution in [0.5, 0.6) is 11.5 Å². The fourth-order valence-corrected chi connectivity index (χ4v) is 3.82. The quantitative estimate of drug-likeness (QED) is 0.783. The molecule has 2 aliphatic rings. The van der Waals surface area contributed by atoms with Crippen molar-refractivity contribution in [3.63, 3.8) is 0 Å². The number of carbonyl (C=O) groups is 2. The lowest BCUT2D eigenvalue weighted by molar-refractivity contribution is -0.123. The fraction of sp³-hybridized carbons (Fsp3) is 0.333. The third-order valence-corrected chi connectivity index (χ3v) is 5.29. The predicted molar refractivity (Wildman–Crippen MR) is 121 cm³/mol. The summed E-state index contributed by atoms with van der Waals surface area (Å²) in [4.78, 5) is 33.5. The Morgan fingerprint density at radius 1 is 1.19 bits per heavy atom. The van der Waals surface area contributed by atoms with Crippen LogP contribution in [0.25, 0.3) is 0 Å². The SMILES string of the molecule is COc1ccc(C2=N[CH][C@@H](c3ccccc3)N2C(=O)N2CCNC(=O)C2)c(OC(C)C)c1. The molecule has 4 rings (SSSR count). The van der Waals surface area contributed by atoms with Gasteiger partial charge in [0.05, 0.1) is 24.8 Å². The van der Waals surface area contributed by atoms with E-state index in [-0.39, 0.29) is 24.6 Å². The van der Waals surface area contributed by atoms with Crippen LogP contribution >= 0.6 is 0 Å². The van der Waals surface area contributed by atoms with Gasteiger partial charge < -0.3 is 19.7 Å². The second kappa shape index (κ2) is 9.30. The van der Waals surface area contributed by atoms with Crippen molar-refractivity contribution < 1.29 is 19.1 Å². The van der Waals surface area contributed by atoms with E-state index in [1.54, 1.807) is 29.5 Å². The Hall–Kier alpha value is -3.55. The fourth-order valence-electron chi connectivity index (χ4n) is 3.82. The zero-order valence-electron chi connectivity index (χ0n) is 18.4. The number of hydrogen-bond acceptors (Lipinski definition) is 5. The second-order valence-electron chi connectivity index (χ2n) is 7.91. The van der Waals surface area contributed by atoms with E-state index in [1.165, 1.54) is 0 Å². The third kappa shape index (κ3) is 4.39. The molecule has 1 atom stereocenters. The third-order valence-electron chi connectivity index (χ3n) is 5.29. The number of nitrogens with one attached hydrogen (secondary N) is 1. The van der Waals surface area contributed by atoms with Crippen molar-refractivity contribution in [3.8, 4) is 11.5 Å². The van der Waals surface area contributed by atoms with E-state index in [0.717, 1.165) is 5.56 Å². The first kappa shape index (κ1) is 21.7. The van der Waals surface area contributed by atoms with E-state index in [4.69, 9.17) is 9.47 Å². The van der Waals surface area contributed by atoms with Crippen LogP contribution in [0.4, 0.5) is 4.79 Å². The van der Waals surface area contributed by atoms with Gasteiger partial charge in [-0.1, -0.05) is 30.3 Å². The van der Waals surface area contributed by atoms with Crippen molar-refractivity contribution in [2.75, 3.05) is 26.7 Å². The number of rotatable bonds is 5. The molecule has 3 amide bonds. The molecule has 2 aliphatic heterocycles. The number of amidine groups is 1. The molecule has 1 saturated heterocycles. The Bertz CT molecular complexity index is 1020. The molecule has 167 valence electrons. The molecule has 0 aromatic heterocycles. The highest BCUT2D eigenvalue weighted by Crippen LogP contribution is 2.36. The normalized spacial score (nSPS) is 18.4. The molecular formula is C24H27N4O4. The molecule has 8 nitrogen and oxygen atoms in total. The minimum Gasteiger partial charge on any atom is -0.497 e. The van der Waals surface area contributed by atoms with E-state index in [1.807, 2.05) is 56.3 Å². The molecule has 0 aliphatic carbocycles. The molecule has 32 heavy (non-hydrogen) atoms. The smallest absolute Gasteiger partial charge is 0.326 e. The minimum atomic E-state index is -0.391. The number of benzene rings is 2. The number of hydrogen-bond donors (Lipinski definition) is 1. The zero-order chi connectivity index (χ0) is 22.7. The van der Waals surface area contributed by atoms with E-state index >= 15 is 0 Å².